The molecule has 0 radical (unpaired) electrons. The number of sulfonamides is 1. The molecular weight excluding hydrogens is 494 g/mol. The molecule has 5 rings (SSSR count). The number of rotatable bonds is 5. The minimum absolute atomic E-state index is 0.0284. The second kappa shape index (κ2) is 9.65. The van der Waals surface area contributed by atoms with E-state index in [0.717, 1.165) is 11.1 Å². The summed E-state index contributed by atoms with van der Waals surface area (Å²) in [6.07, 6.45) is 0.278. The number of nitrogens with zero attached hydrogens (tertiary/aromatic N) is 3. The fraction of sp³-hybridized carbons (Fsp3) is 0.214. The van der Waals surface area contributed by atoms with E-state index < -0.39 is 10.0 Å². The summed E-state index contributed by atoms with van der Waals surface area (Å²) in [5.74, 6) is 0.532. The van der Waals surface area contributed by atoms with E-state index in [-0.39, 0.29) is 41.0 Å². The molecule has 0 bridgehead atoms. The van der Waals surface area contributed by atoms with Crippen LogP contribution in [0, 0.1) is 13.8 Å². The van der Waals surface area contributed by atoms with Crippen LogP contribution in [0.3, 0.4) is 0 Å². The van der Waals surface area contributed by atoms with Gasteiger partial charge in [0, 0.05) is 12.1 Å². The average Bonchev–Trinajstić information content (AvgIpc) is 2.87. The van der Waals surface area contributed by atoms with Gasteiger partial charge in [0.25, 0.3) is 5.56 Å². The zero-order valence-electron chi connectivity index (χ0n) is 20.1. The Morgan fingerprint density at radius 3 is 2.08 bits per heavy atom. The molecule has 0 unspecified atom stereocenters. The molecule has 3 aromatic carbocycles. The molecule has 0 atom stereocenters. The molecule has 0 saturated heterocycles. The van der Waals surface area contributed by atoms with Crippen LogP contribution in [0.25, 0.3) is 0 Å². The first-order valence-electron chi connectivity index (χ1n) is 11.7. The minimum Gasteiger partial charge on any atom is -0.285 e. The molecule has 184 valence electrons. The first kappa shape index (κ1) is 24.4. The normalized spacial score (nSPS) is 14.1. The van der Waals surface area contributed by atoms with Gasteiger partial charge < -0.3 is 0 Å². The molecule has 0 fully saturated rings. The molecule has 1 aromatic heterocycles. The van der Waals surface area contributed by atoms with Gasteiger partial charge in [-0.15, -0.1) is 0 Å². The minimum atomic E-state index is -3.85. The average molecular weight is 520 g/mol. The molecule has 2 heterocycles. The van der Waals surface area contributed by atoms with E-state index in [4.69, 9.17) is 16.6 Å². The van der Waals surface area contributed by atoms with Crippen LogP contribution < -0.4 is 5.56 Å². The van der Waals surface area contributed by atoms with Crippen molar-refractivity contribution in [2.24, 2.45) is 0 Å². The van der Waals surface area contributed by atoms with Crippen molar-refractivity contribution in [2.45, 2.75) is 37.8 Å². The number of halogens is 1. The highest BCUT2D eigenvalue weighted by atomic mass is 35.5. The van der Waals surface area contributed by atoms with Gasteiger partial charge in [-0.3, -0.25) is 9.36 Å². The number of hydrogen-bond donors (Lipinski definition) is 0. The summed E-state index contributed by atoms with van der Waals surface area (Å²) >= 11 is 6.28. The van der Waals surface area contributed by atoms with Gasteiger partial charge in [-0.05, 0) is 43.0 Å². The van der Waals surface area contributed by atoms with Gasteiger partial charge in [0.1, 0.15) is 10.7 Å². The number of hydrogen-bond acceptors (Lipinski definition) is 4. The molecule has 0 amide bonds. The van der Waals surface area contributed by atoms with Crippen LogP contribution in [0.2, 0.25) is 5.02 Å². The van der Waals surface area contributed by atoms with Crippen LogP contribution in [0.15, 0.2) is 88.6 Å². The molecule has 1 aliphatic heterocycles. The molecule has 8 heteroatoms. The van der Waals surface area contributed by atoms with E-state index in [2.05, 4.69) is 0 Å². The van der Waals surface area contributed by atoms with Crippen LogP contribution >= 0.6 is 11.6 Å². The summed E-state index contributed by atoms with van der Waals surface area (Å²) in [5, 5.41) is 0.189. The Morgan fingerprint density at radius 2 is 1.50 bits per heavy atom. The lowest BCUT2D eigenvalue weighted by Crippen LogP contribution is -2.42. The van der Waals surface area contributed by atoms with Crippen molar-refractivity contribution in [3.05, 3.63) is 128 Å². The molecule has 0 saturated carbocycles. The number of fused-ring (bicyclic) bond motifs is 1. The van der Waals surface area contributed by atoms with E-state index in [1.807, 2.05) is 60.7 Å². The lowest BCUT2D eigenvalue weighted by Gasteiger charge is -2.30. The summed E-state index contributed by atoms with van der Waals surface area (Å²) in [7, 11) is -3.85. The third-order valence-electron chi connectivity index (χ3n) is 6.66. The predicted octanol–water partition coefficient (Wildman–Crippen LogP) is 4.90. The van der Waals surface area contributed by atoms with Crippen LogP contribution in [-0.2, 0) is 23.0 Å². The lowest BCUT2D eigenvalue weighted by atomic mass is 9.97. The Morgan fingerprint density at radius 1 is 0.889 bits per heavy atom. The Balaban J connectivity index is 1.59. The Bertz CT molecular complexity index is 1530. The SMILES string of the molecule is Cc1cccc(Cl)c1S(=O)(=O)N1CCc2c(nc(C)n(C(c3ccccc3)c3ccccc3)c2=O)C1. The van der Waals surface area contributed by atoms with Gasteiger partial charge in [0.15, 0.2) is 0 Å². The standard InChI is InChI=1S/C28H26ClN3O3S/c1-19-10-9-15-24(29)27(19)36(34,35)31-17-16-23-25(18-31)30-20(2)32(28(23)33)26(21-11-5-3-6-12-21)22-13-7-4-8-14-22/h3-15,26H,16-18H2,1-2H3. The van der Waals surface area contributed by atoms with E-state index in [9.17, 15) is 13.2 Å². The first-order valence-corrected chi connectivity index (χ1v) is 13.6. The quantitative estimate of drug-likeness (QED) is 0.376. The first-order chi connectivity index (χ1) is 17.3. The van der Waals surface area contributed by atoms with Crippen molar-refractivity contribution < 1.29 is 8.42 Å². The largest absolute Gasteiger partial charge is 0.285 e. The van der Waals surface area contributed by atoms with Crippen molar-refractivity contribution in [3.8, 4) is 0 Å². The molecule has 6 nitrogen and oxygen atoms in total. The summed E-state index contributed by atoms with van der Waals surface area (Å²) < 4.78 is 30.1. The topological polar surface area (TPSA) is 72.3 Å². The Hall–Kier alpha value is -3.26. The van der Waals surface area contributed by atoms with Crippen molar-refractivity contribution >= 4 is 21.6 Å². The van der Waals surface area contributed by atoms with Gasteiger partial charge in [0.2, 0.25) is 10.0 Å². The number of aryl methyl sites for hydroxylation is 2. The second-order valence-electron chi connectivity index (χ2n) is 8.96. The maximum atomic E-state index is 13.9. The van der Waals surface area contributed by atoms with Crippen molar-refractivity contribution in [2.75, 3.05) is 6.54 Å². The number of aromatic nitrogens is 2. The Kier molecular flexibility index (Phi) is 6.55. The maximum absolute atomic E-state index is 13.9. The van der Waals surface area contributed by atoms with Gasteiger partial charge in [-0.25, -0.2) is 13.4 Å². The molecule has 0 N–H and O–H groups in total. The van der Waals surface area contributed by atoms with Gasteiger partial charge in [0.05, 0.1) is 23.3 Å². The molecule has 36 heavy (non-hydrogen) atoms. The summed E-state index contributed by atoms with van der Waals surface area (Å²) in [4.78, 5) is 18.8. The maximum Gasteiger partial charge on any atom is 0.257 e. The van der Waals surface area contributed by atoms with Crippen LogP contribution in [0.5, 0.6) is 0 Å². The van der Waals surface area contributed by atoms with Crippen molar-refractivity contribution in [1.82, 2.24) is 13.9 Å². The molecule has 4 aromatic rings. The van der Waals surface area contributed by atoms with Crippen molar-refractivity contribution in [1.29, 1.82) is 0 Å². The fourth-order valence-electron chi connectivity index (χ4n) is 4.94. The third-order valence-corrected chi connectivity index (χ3v) is 9.13. The molecular formula is C28H26ClN3O3S. The zero-order chi connectivity index (χ0) is 25.4. The second-order valence-corrected chi connectivity index (χ2v) is 11.2. The number of benzene rings is 3. The molecule has 0 spiro atoms. The summed E-state index contributed by atoms with van der Waals surface area (Å²) in [6.45, 7) is 3.74. The summed E-state index contributed by atoms with van der Waals surface area (Å²) in [5.41, 5.74) is 3.45. The van der Waals surface area contributed by atoms with Gasteiger partial charge >= 0.3 is 0 Å². The summed E-state index contributed by atoms with van der Waals surface area (Å²) in [6, 6.07) is 24.4. The van der Waals surface area contributed by atoms with E-state index in [1.54, 1.807) is 36.6 Å². The monoisotopic (exact) mass is 519 g/mol. The van der Waals surface area contributed by atoms with E-state index in [0.29, 0.717) is 22.6 Å². The van der Waals surface area contributed by atoms with Crippen molar-refractivity contribution in [3.63, 3.8) is 0 Å². The van der Waals surface area contributed by atoms with Crippen LogP contribution in [0.4, 0.5) is 0 Å². The highest BCUT2D eigenvalue weighted by molar-refractivity contribution is 7.89. The van der Waals surface area contributed by atoms with Crippen LogP contribution in [-0.4, -0.2) is 28.8 Å². The smallest absolute Gasteiger partial charge is 0.257 e. The predicted molar refractivity (Wildman–Crippen MR) is 141 cm³/mol. The highest BCUT2D eigenvalue weighted by Crippen LogP contribution is 2.31. The zero-order valence-corrected chi connectivity index (χ0v) is 21.6. The highest BCUT2D eigenvalue weighted by Gasteiger charge is 2.34. The lowest BCUT2D eigenvalue weighted by molar-refractivity contribution is 0.379. The van der Waals surface area contributed by atoms with Crippen LogP contribution in [0.1, 0.15) is 39.8 Å². The third kappa shape index (κ3) is 4.28. The molecule has 0 aliphatic carbocycles. The Labute approximate surface area is 215 Å². The fourth-order valence-corrected chi connectivity index (χ4v) is 7.13. The van der Waals surface area contributed by atoms with Gasteiger partial charge in [-0.2, -0.15) is 4.31 Å². The molecule has 1 aliphatic rings. The van der Waals surface area contributed by atoms with Gasteiger partial charge in [-0.1, -0.05) is 84.4 Å². The van der Waals surface area contributed by atoms with E-state index in [1.165, 1.54) is 4.31 Å². The van der Waals surface area contributed by atoms with E-state index >= 15 is 0 Å².